The summed E-state index contributed by atoms with van der Waals surface area (Å²) >= 11 is 0. The van der Waals surface area contributed by atoms with Crippen LogP contribution >= 0.6 is 0 Å². The Kier molecular flexibility index (Phi) is 6.13. The predicted molar refractivity (Wildman–Crippen MR) is 76.2 cm³/mol. The highest BCUT2D eigenvalue weighted by Crippen LogP contribution is 2.30. The molecule has 4 atom stereocenters. The Hall–Kier alpha value is -0.570. The number of hydrogen-bond donors (Lipinski definition) is 2. The van der Waals surface area contributed by atoms with Gasteiger partial charge in [0.1, 0.15) is 0 Å². The molecule has 18 heavy (non-hydrogen) atoms. The van der Waals surface area contributed by atoms with E-state index in [4.69, 9.17) is 5.73 Å². The molecular formula is C15H30N2O. The zero-order valence-electron chi connectivity index (χ0n) is 12.4. The van der Waals surface area contributed by atoms with Gasteiger partial charge in [-0.15, -0.1) is 0 Å². The van der Waals surface area contributed by atoms with Crippen LogP contribution in [-0.2, 0) is 4.79 Å². The molecule has 1 saturated carbocycles. The number of nitrogens with one attached hydrogen (secondary N) is 1. The fourth-order valence-corrected chi connectivity index (χ4v) is 2.93. The molecule has 1 fully saturated rings. The summed E-state index contributed by atoms with van der Waals surface area (Å²) in [5.74, 6) is 1.55. The maximum absolute atomic E-state index is 12.1. The van der Waals surface area contributed by atoms with Gasteiger partial charge in [0.2, 0.25) is 5.91 Å². The molecule has 1 aliphatic carbocycles. The Morgan fingerprint density at radius 1 is 1.28 bits per heavy atom. The lowest BCUT2D eigenvalue weighted by molar-refractivity contribution is -0.124. The van der Waals surface area contributed by atoms with Crippen molar-refractivity contribution in [2.75, 3.05) is 0 Å². The molecule has 1 amide bonds. The van der Waals surface area contributed by atoms with Crippen LogP contribution in [0.3, 0.4) is 0 Å². The molecule has 3 heteroatoms. The molecule has 3 nitrogen and oxygen atoms in total. The molecule has 106 valence electrons. The molecule has 3 unspecified atom stereocenters. The lowest BCUT2D eigenvalue weighted by Crippen LogP contribution is -2.51. The standard InChI is InChI=1S/C15H30N2O/c1-5-11(4)14(16)15(18)17-13-9-7-6-8-12(13)10(2)3/h10-14H,5-9,16H2,1-4H3,(H,17,18)/t11?,12?,13?,14-/m0/s1. The van der Waals surface area contributed by atoms with E-state index in [0.717, 1.165) is 12.8 Å². The zero-order valence-corrected chi connectivity index (χ0v) is 12.4. The first kappa shape index (κ1) is 15.5. The van der Waals surface area contributed by atoms with Gasteiger partial charge in [-0.1, -0.05) is 47.0 Å². The van der Waals surface area contributed by atoms with Gasteiger partial charge >= 0.3 is 0 Å². The van der Waals surface area contributed by atoms with Crippen molar-refractivity contribution in [1.82, 2.24) is 5.32 Å². The minimum absolute atomic E-state index is 0.0434. The normalized spacial score (nSPS) is 27.9. The van der Waals surface area contributed by atoms with E-state index in [-0.39, 0.29) is 17.9 Å². The first-order valence-corrected chi connectivity index (χ1v) is 7.53. The van der Waals surface area contributed by atoms with Gasteiger partial charge in [-0.25, -0.2) is 0 Å². The summed E-state index contributed by atoms with van der Waals surface area (Å²) in [7, 11) is 0. The second-order valence-electron chi connectivity index (χ2n) is 6.22. The first-order valence-electron chi connectivity index (χ1n) is 7.53. The Balaban J connectivity index is 2.56. The van der Waals surface area contributed by atoms with Crippen molar-refractivity contribution in [3.8, 4) is 0 Å². The highest BCUT2D eigenvalue weighted by molar-refractivity contribution is 5.82. The highest BCUT2D eigenvalue weighted by atomic mass is 16.2. The third-order valence-corrected chi connectivity index (χ3v) is 4.56. The van der Waals surface area contributed by atoms with Crippen molar-refractivity contribution in [3.05, 3.63) is 0 Å². The predicted octanol–water partition coefficient (Wildman–Crippen LogP) is 2.69. The number of amides is 1. The van der Waals surface area contributed by atoms with Crippen molar-refractivity contribution in [2.24, 2.45) is 23.5 Å². The second-order valence-corrected chi connectivity index (χ2v) is 6.22. The average molecular weight is 254 g/mol. The lowest BCUT2D eigenvalue weighted by atomic mass is 9.77. The van der Waals surface area contributed by atoms with E-state index in [1.807, 2.05) is 6.92 Å². The van der Waals surface area contributed by atoms with Crippen LogP contribution in [0.5, 0.6) is 0 Å². The molecular weight excluding hydrogens is 224 g/mol. The van der Waals surface area contributed by atoms with Gasteiger partial charge in [0.15, 0.2) is 0 Å². The Bertz CT molecular complexity index is 265. The van der Waals surface area contributed by atoms with Crippen molar-refractivity contribution in [1.29, 1.82) is 0 Å². The summed E-state index contributed by atoms with van der Waals surface area (Å²) in [5, 5.41) is 3.20. The SMILES string of the molecule is CCC(C)[C@H](N)C(=O)NC1CCCCC1C(C)C. The van der Waals surface area contributed by atoms with Gasteiger partial charge in [-0.2, -0.15) is 0 Å². The van der Waals surface area contributed by atoms with Crippen molar-refractivity contribution in [3.63, 3.8) is 0 Å². The van der Waals surface area contributed by atoms with Gasteiger partial charge in [0.05, 0.1) is 6.04 Å². The topological polar surface area (TPSA) is 55.1 Å². The lowest BCUT2D eigenvalue weighted by Gasteiger charge is -2.35. The van der Waals surface area contributed by atoms with Gasteiger partial charge in [-0.05, 0) is 30.6 Å². The molecule has 1 aliphatic rings. The summed E-state index contributed by atoms with van der Waals surface area (Å²) in [4.78, 5) is 12.1. The monoisotopic (exact) mass is 254 g/mol. The fourth-order valence-electron chi connectivity index (χ4n) is 2.93. The van der Waals surface area contributed by atoms with Crippen LogP contribution < -0.4 is 11.1 Å². The average Bonchev–Trinajstić information content (AvgIpc) is 2.37. The Morgan fingerprint density at radius 2 is 1.89 bits per heavy atom. The minimum atomic E-state index is -0.357. The van der Waals surface area contributed by atoms with Crippen LogP contribution in [0.4, 0.5) is 0 Å². The van der Waals surface area contributed by atoms with Gasteiger partial charge < -0.3 is 11.1 Å². The maximum Gasteiger partial charge on any atom is 0.237 e. The van der Waals surface area contributed by atoms with E-state index in [1.54, 1.807) is 0 Å². The molecule has 0 aromatic heterocycles. The van der Waals surface area contributed by atoms with Crippen LogP contribution in [0.2, 0.25) is 0 Å². The number of nitrogens with two attached hydrogens (primary N) is 1. The van der Waals surface area contributed by atoms with Crippen molar-refractivity contribution in [2.45, 2.75) is 71.9 Å². The van der Waals surface area contributed by atoms with E-state index in [9.17, 15) is 4.79 Å². The molecule has 0 aromatic rings. The van der Waals surface area contributed by atoms with Crippen LogP contribution in [0, 0.1) is 17.8 Å². The molecule has 0 aromatic carbocycles. The van der Waals surface area contributed by atoms with Gasteiger partial charge in [0, 0.05) is 6.04 Å². The van der Waals surface area contributed by atoms with E-state index in [1.165, 1.54) is 19.3 Å². The highest BCUT2D eigenvalue weighted by Gasteiger charge is 2.30. The van der Waals surface area contributed by atoms with Crippen molar-refractivity contribution < 1.29 is 4.79 Å². The summed E-state index contributed by atoms with van der Waals surface area (Å²) < 4.78 is 0. The van der Waals surface area contributed by atoms with E-state index < -0.39 is 0 Å². The molecule has 0 radical (unpaired) electrons. The number of carbonyl (C=O) groups excluding carboxylic acids is 1. The molecule has 0 saturated heterocycles. The van der Waals surface area contributed by atoms with Crippen LogP contribution in [-0.4, -0.2) is 18.0 Å². The molecule has 3 N–H and O–H groups in total. The van der Waals surface area contributed by atoms with Crippen molar-refractivity contribution >= 4 is 5.91 Å². The van der Waals surface area contributed by atoms with Gasteiger partial charge in [-0.3, -0.25) is 4.79 Å². The third-order valence-electron chi connectivity index (χ3n) is 4.56. The summed E-state index contributed by atoms with van der Waals surface area (Å²) in [6.07, 6.45) is 5.83. The summed E-state index contributed by atoms with van der Waals surface area (Å²) in [5.41, 5.74) is 6.00. The number of hydrogen-bond acceptors (Lipinski definition) is 2. The van der Waals surface area contributed by atoms with Crippen LogP contribution in [0.25, 0.3) is 0 Å². The van der Waals surface area contributed by atoms with E-state index >= 15 is 0 Å². The van der Waals surface area contributed by atoms with E-state index in [0.29, 0.717) is 17.9 Å². The number of rotatable bonds is 5. The smallest absolute Gasteiger partial charge is 0.237 e. The first-order chi connectivity index (χ1) is 8.47. The summed E-state index contributed by atoms with van der Waals surface area (Å²) in [6, 6.07) is -0.0221. The number of carbonyl (C=O) groups is 1. The molecule has 1 rings (SSSR count). The maximum atomic E-state index is 12.1. The fraction of sp³-hybridized carbons (Fsp3) is 0.933. The molecule has 0 spiro atoms. The second kappa shape index (κ2) is 7.13. The molecule has 0 bridgehead atoms. The summed E-state index contributed by atoms with van der Waals surface area (Å²) in [6.45, 7) is 8.63. The van der Waals surface area contributed by atoms with E-state index in [2.05, 4.69) is 26.1 Å². The third kappa shape index (κ3) is 3.98. The Morgan fingerprint density at radius 3 is 2.44 bits per heavy atom. The molecule has 0 aliphatic heterocycles. The zero-order chi connectivity index (χ0) is 13.7. The van der Waals surface area contributed by atoms with Crippen LogP contribution in [0.1, 0.15) is 59.8 Å². The van der Waals surface area contributed by atoms with Gasteiger partial charge in [0.25, 0.3) is 0 Å². The van der Waals surface area contributed by atoms with Crippen LogP contribution in [0.15, 0.2) is 0 Å². The minimum Gasteiger partial charge on any atom is -0.352 e. The largest absolute Gasteiger partial charge is 0.352 e. The molecule has 0 heterocycles. The Labute approximate surface area is 112 Å². The quantitative estimate of drug-likeness (QED) is 0.792.